The van der Waals surface area contributed by atoms with Gasteiger partial charge in [0.25, 0.3) is 0 Å². The maximum Gasteiger partial charge on any atom is 0.0795 e. The van der Waals surface area contributed by atoms with Crippen molar-refractivity contribution in [3.63, 3.8) is 0 Å². The molecule has 0 aromatic heterocycles. The zero-order chi connectivity index (χ0) is 12.3. The van der Waals surface area contributed by atoms with E-state index in [-0.39, 0.29) is 6.10 Å². The van der Waals surface area contributed by atoms with Crippen LogP contribution in [-0.2, 0) is 0 Å². The number of benzene rings is 1. The van der Waals surface area contributed by atoms with Gasteiger partial charge in [0.1, 0.15) is 0 Å². The lowest BCUT2D eigenvalue weighted by Crippen LogP contribution is -2.06. The van der Waals surface area contributed by atoms with Gasteiger partial charge in [-0.2, -0.15) is 0 Å². The molecule has 0 saturated carbocycles. The van der Waals surface area contributed by atoms with Crippen LogP contribution in [-0.4, -0.2) is 5.11 Å². The molecule has 1 unspecified atom stereocenters. The monoisotopic (exact) mass is 220 g/mol. The first-order valence-electron chi connectivity index (χ1n) is 6.24. The van der Waals surface area contributed by atoms with Crippen LogP contribution in [0.4, 0.5) is 0 Å². The Morgan fingerprint density at radius 2 is 1.56 bits per heavy atom. The molecule has 0 amide bonds. The second kappa shape index (κ2) is 5.49. The van der Waals surface area contributed by atoms with Crippen molar-refractivity contribution in [1.29, 1.82) is 0 Å². The summed E-state index contributed by atoms with van der Waals surface area (Å²) in [6, 6.07) is 2.21. The van der Waals surface area contributed by atoms with Crippen LogP contribution < -0.4 is 0 Å². The Morgan fingerprint density at radius 1 is 1.06 bits per heavy atom. The maximum atomic E-state index is 10.3. The molecule has 0 fully saturated rings. The molecule has 1 N–H and O–H groups in total. The van der Waals surface area contributed by atoms with Gasteiger partial charge in [0.05, 0.1) is 6.10 Å². The highest BCUT2D eigenvalue weighted by Crippen LogP contribution is 2.29. The molecule has 1 rings (SSSR count). The van der Waals surface area contributed by atoms with Crippen molar-refractivity contribution in [2.24, 2.45) is 0 Å². The average Bonchev–Trinajstić information content (AvgIpc) is 2.24. The molecule has 1 heteroatoms. The molecular weight excluding hydrogens is 196 g/mol. The zero-order valence-corrected chi connectivity index (χ0v) is 11.2. The minimum Gasteiger partial charge on any atom is -0.388 e. The Labute approximate surface area is 99.5 Å². The maximum absolute atomic E-state index is 10.3. The van der Waals surface area contributed by atoms with Gasteiger partial charge in [-0.05, 0) is 61.9 Å². The molecule has 16 heavy (non-hydrogen) atoms. The molecule has 1 nitrogen and oxygen atoms in total. The van der Waals surface area contributed by atoms with E-state index in [4.69, 9.17) is 0 Å². The SMILES string of the molecule is CCCCC(O)c1c(C)c(C)cc(C)c1C. The summed E-state index contributed by atoms with van der Waals surface area (Å²) in [4.78, 5) is 0. The van der Waals surface area contributed by atoms with E-state index in [1.54, 1.807) is 0 Å². The summed E-state index contributed by atoms with van der Waals surface area (Å²) in [6.07, 6.45) is 2.81. The molecule has 1 atom stereocenters. The topological polar surface area (TPSA) is 20.2 Å². The van der Waals surface area contributed by atoms with Gasteiger partial charge in [0, 0.05) is 0 Å². The third-order valence-corrected chi connectivity index (χ3v) is 3.59. The van der Waals surface area contributed by atoms with E-state index < -0.39 is 0 Å². The number of rotatable bonds is 4. The minimum atomic E-state index is -0.293. The van der Waals surface area contributed by atoms with Gasteiger partial charge in [-0.25, -0.2) is 0 Å². The van der Waals surface area contributed by atoms with E-state index >= 15 is 0 Å². The largest absolute Gasteiger partial charge is 0.388 e. The van der Waals surface area contributed by atoms with E-state index in [2.05, 4.69) is 40.7 Å². The van der Waals surface area contributed by atoms with Crippen LogP contribution in [0.25, 0.3) is 0 Å². The second-order valence-electron chi connectivity index (χ2n) is 4.83. The van der Waals surface area contributed by atoms with Crippen LogP contribution in [0.2, 0.25) is 0 Å². The van der Waals surface area contributed by atoms with Crippen molar-refractivity contribution in [2.75, 3.05) is 0 Å². The van der Waals surface area contributed by atoms with Crippen molar-refractivity contribution < 1.29 is 5.11 Å². The highest BCUT2D eigenvalue weighted by Gasteiger charge is 2.15. The molecule has 1 aromatic rings. The summed E-state index contributed by atoms with van der Waals surface area (Å²) in [7, 11) is 0. The van der Waals surface area contributed by atoms with Crippen molar-refractivity contribution >= 4 is 0 Å². The van der Waals surface area contributed by atoms with Gasteiger partial charge in [-0.1, -0.05) is 25.8 Å². The molecule has 90 valence electrons. The number of hydrogen-bond donors (Lipinski definition) is 1. The molecule has 0 aliphatic carbocycles. The lowest BCUT2D eigenvalue weighted by Gasteiger charge is -2.20. The van der Waals surface area contributed by atoms with Gasteiger partial charge >= 0.3 is 0 Å². The Kier molecular flexibility index (Phi) is 4.55. The highest BCUT2D eigenvalue weighted by atomic mass is 16.3. The molecule has 0 bridgehead atoms. The summed E-state index contributed by atoms with van der Waals surface area (Å²) >= 11 is 0. The smallest absolute Gasteiger partial charge is 0.0795 e. The summed E-state index contributed by atoms with van der Waals surface area (Å²) in [5.74, 6) is 0. The fourth-order valence-electron chi connectivity index (χ4n) is 2.29. The number of aliphatic hydroxyl groups excluding tert-OH is 1. The Morgan fingerprint density at radius 3 is 2.00 bits per heavy atom. The second-order valence-corrected chi connectivity index (χ2v) is 4.83. The molecule has 0 spiro atoms. The summed E-state index contributed by atoms with van der Waals surface area (Å²) in [5.41, 5.74) is 6.24. The molecule has 0 radical (unpaired) electrons. The summed E-state index contributed by atoms with van der Waals surface area (Å²) in [5, 5.41) is 10.3. The summed E-state index contributed by atoms with van der Waals surface area (Å²) < 4.78 is 0. The van der Waals surface area contributed by atoms with Gasteiger partial charge in [-0.15, -0.1) is 0 Å². The number of aliphatic hydroxyl groups is 1. The van der Waals surface area contributed by atoms with Crippen LogP contribution in [0.1, 0.15) is 60.1 Å². The first-order valence-corrected chi connectivity index (χ1v) is 6.24. The Hall–Kier alpha value is -0.820. The average molecular weight is 220 g/mol. The molecule has 0 aliphatic rings. The van der Waals surface area contributed by atoms with E-state index in [1.807, 2.05) is 0 Å². The van der Waals surface area contributed by atoms with Crippen molar-refractivity contribution in [1.82, 2.24) is 0 Å². The third kappa shape index (κ3) is 2.65. The lowest BCUT2D eigenvalue weighted by molar-refractivity contribution is 0.162. The Bertz CT molecular complexity index is 340. The van der Waals surface area contributed by atoms with Crippen LogP contribution in [0.3, 0.4) is 0 Å². The molecule has 0 aliphatic heterocycles. The van der Waals surface area contributed by atoms with Crippen molar-refractivity contribution in [3.8, 4) is 0 Å². The van der Waals surface area contributed by atoms with E-state index in [0.717, 1.165) is 24.8 Å². The zero-order valence-electron chi connectivity index (χ0n) is 11.2. The van der Waals surface area contributed by atoms with Gasteiger partial charge in [0.2, 0.25) is 0 Å². The lowest BCUT2D eigenvalue weighted by atomic mass is 9.89. The van der Waals surface area contributed by atoms with E-state index in [1.165, 1.54) is 22.3 Å². The van der Waals surface area contributed by atoms with Crippen molar-refractivity contribution in [3.05, 3.63) is 33.9 Å². The van der Waals surface area contributed by atoms with Gasteiger partial charge in [-0.3, -0.25) is 0 Å². The van der Waals surface area contributed by atoms with Crippen LogP contribution in [0.15, 0.2) is 6.07 Å². The molecule has 1 aromatic carbocycles. The quantitative estimate of drug-likeness (QED) is 0.808. The predicted molar refractivity (Wildman–Crippen MR) is 69.9 cm³/mol. The Balaban J connectivity index is 3.11. The standard InChI is InChI=1S/C15H24O/c1-6-7-8-14(16)15-12(4)10(2)9-11(3)13(15)5/h9,14,16H,6-8H2,1-5H3. The van der Waals surface area contributed by atoms with E-state index in [9.17, 15) is 5.11 Å². The van der Waals surface area contributed by atoms with E-state index in [0.29, 0.717) is 0 Å². The first kappa shape index (κ1) is 13.2. The normalized spacial score (nSPS) is 12.9. The fourth-order valence-corrected chi connectivity index (χ4v) is 2.29. The number of aryl methyl sites for hydroxylation is 2. The van der Waals surface area contributed by atoms with Gasteiger partial charge < -0.3 is 5.11 Å². The van der Waals surface area contributed by atoms with Gasteiger partial charge in [0.15, 0.2) is 0 Å². The highest BCUT2D eigenvalue weighted by molar-refractivity contribution is 5.45. The molecular formula is C15H24O. The minimum absolute atomic E-state index is 0.293. The molecule has 0 heterocycles. The summed E-state index contributed by atoms with van der Waals surface area (Å²) in [6.45, 7) is 10.6. The number of unbranched alkanes of at least 4 members (excludes halogenated alkanes) is 1. The predicted octanol–water partition coefficient (Wildman–Crippen LogP) is 4.14. The van der Waals surface area contributed by atoms with Crippen molar-refractivity contribution in [2.45, 2.75) is 60.0 Å². The first-order chi connectivity index (χ1) is 7.49. The van der Waals surface area contributed by atoms with Crippen LogP contribution >= 0.6 is 0 Å². The van der Waals surface area contributed by atoms with Crippen LogP contribution in [0.5, 0.6) is 0 Å². The number of hydrogen-bond acceptors (Lipinski definition) is 1. The van der Waals surface area contributed by atoms with Crippen LogP contribution in [0, 0.1) is 27.7 Å². The molecule has 0 saturated heterocycles. The fraction of sp³-hybridized carbons (Fsp3) is 0.600. The third-order valence-electron chi connectivity index (χ3n) is 3.59.